The van der Waals surface area contributed by atoms with Crippen molar-refractivity contribution in [2.45, 2.75) is 65.3 Å². The number of aromatic hydroxyl groups is 1. The minimum atomic E-state index is -0.405. The van der Waals surface area contributed by atoms with Crippen molar-refractivity contribution in [3.05, 3.63) is 58.3 Å². The first-order chi connectivity index (χ1) is 16.0. The summed E-state index contributed by atoms with van der Waals surface area (Å²) in [5, 5.41) is 23.2. The smallest absolute Gasteiger partial charge is 0.269 e. The van der Waals surface area contributed by atoms with E-state index in [1.54, 1.807) is 16.7 Å². The predicted molar refractivity (Wildman–Crippen MR) is 130 cm³/mol. The molecule has 7 nitrogen and oxygen atoms in total. The van der Waals surface area contributed by atoms with Crippen LogP contribution < -0.4 is 9.47 Å². The summed E-state index contributed by atoms with van der Waals surface area (Å²) in [6.45, 7) is 6.10. The summed E-state index contributed by atoms with van der Waals surface area (Å²) in [5.74, 6) is 1.58. The van der Waals surface area contributed by atoms with E-state index in [4.69, 9.17) is 9.47 Å². The van der Waals surface area contributed by atoms with Crippen LogP contribution in [-0.4, -0.2) is 27.8 Å². The summed E-state index contributed by atoms with van der Waals surface area (Å²) >= 11 is 0. The van der Waals surface area contributed by atoms with Crippen molar-refractivity contribution in [3.63, 3.8) is 0 Å². The molecular weight excluding hydrogens is 420 g/mol. The molecule has 0 amide bonds. The zero-order chi connectivity index (χ0) is 23.6. The molecule has 178 valence electrons. The maximum atomic E-state index is 10.9. The van der Waals surface area contributed by atoms with Crippen molar-refractivity contribution in [2.24, 2.45) is 0 Å². The second-order valence-electron chi connectivity index (χ2n) is 8.28. The van der Waals surface area contributed by atoms with Crippen LogP contribution in [0.15, 0.2) is 42.6 Å². The number of nitro groups is 1. The number of ether oxygens (including phenoxy) is 2. The molecular formula is C26H34N2O5. The molecule has 0 aliphatic carbocycles. The van der Waals surface area contributed by atoms with Crippen LogP contribution in [0.25, 0.3) is 10.8 Å². The molecule has 0 spiro atoms. The van der Waals surface area contributed by atoms with Crippen LogP contribution in [0.2, 0.25) is 0 Å². The average molecular weight is 455 g/mol. The average Bonchev–Trinajstić information content (AvgIpc) is 3.14. The molecule has 0 atom stereocenters. The fourth-order valence-corrected chi connectivity index (χ4v) is 3.80. The van der Waals surface area contributed by atoms with Gasteiger partial charge in [0.1, 0.15) is 0 Å². The maximum absolute atomic E-state index is 10.9. The third-order valence-electron chi connectivity index (χ3n) is 5.75. The third kappa shape index (κ3) is 6.40. The van der Waals surface area contributed by atoms with Gasteiger partial charge in [0.05, 0.1) is 18.1 Å². The van der Waals surface area contributed by atoms with Crippen LogP contribution in [-0.2, 0) is 13.0 Å². The Labute approximate surface area is 195 Å². The Hall–Kier alpha value is -3.22. The molecule has 0 aliphatic heterocycles. The number of unbranched alkanes of at least 4 members (excludes halogenated alkanes) is 4. The lowest BCUT2D eigenvalue weighted by molar-refractivity contribution is -0.384. The molecule has 0 saturated carbocycles. The van der Waals surface area contributed by atoms with Gasteiger partial charge in [-0.3, -0.25) is 10.1 Å². The molecule has 0 aliphatic rings. The molecule has 1 aromatic heterocycles. The lowest BCUT2D eigenvalue weighted by atomic mass is 10.1. The molecule has 3 rings (SSSR count). The highest BCUT2D eigenvalue weighted by atomic mass is 16.6. The molecule has 1 N–H and O–H groups in total. The molecule has 0 radical (unpaired) electrons. The second-order valence-corrected chi connectivity index (χ2v) is 8.28. The van der Waals surface area contributed by atoms with Gasteiger partial charge in [-0.2, -0.15) is 0 Å². The fraction of sp³-hybridized carbons (Fsp3) is 0.462. The highest BCUT2D eigenvalue weighted by Crippen LogP contribution is 2.40. The Kier molecular flexibility index (Phi) is 8.98. The van der Waals surface area contributed by atoms with Gasteiger partial charge in [-0.25, -0.2) is 0 Å². The number of fused-ring (bicyclic) bond motifs is 1. The molecule has 7 heteroatoms. The standard InChI is InChI=1S/C26H34N2O5/c1-3-5-7-17-32-24-14-13-22-23(25(24)33-18-8-6-4-2)19-27(26(22)29)16-15-20-9-11-21(12-10-20)28(30)31/h9-14,19,29H,3-8,15-18H2,1-2H3. The highest BCUT2D eigenvalue weighted by Gasteiger charge is 2.17. The molecule has 0 saturated heterocycles. The van der Waals surface area contributed by atoms with Crippen molar-refractivity contribution in [3.8, 4) is 17.4 Å². The molecule has 0 bridgehead atoms. The van der Waals surface area contributed by atoms with E-state index in [9.17, 15) is 15.2 Å². The van der Waals surface area contributed by atoms with Crippen LogP contribution in [0, 0.1) is 10.1 Å². The van der Waals surface area contributed by atoms with Gasteiger partial charge in [-0.15, -0.1) is 0 Å². The van der Waals surface area contributed by atoms with Gasteiger partial charge in [0, 0.05) is 35.6 Å². The van der Waals surface area contributed by atoms with Crippen molar-refractivity contribution in [1.29, 1.82) is 0 Å². The van der Waals surface area contributed by atoms with E-state index in [0.717, 1.165) is 54.9 Å². The van der Waals surface area contributed by atoms with E-state index in [1.165, 1.54) is 12.1 Å². The van der Waals surface area contributed by atoms with Gasteiger partial charge in [-0.05, 0) is 37.0 Å². The van der Waals surface area contributed by atoms with E-state index >= 15 is 0 Å². The molecule has 0 unspecified atom stereocenters. The summed E-state index contributed by atoms with van der Waals surface area (Å²) in [6.07, 6.45) is 8.98. The summed E-state index contributed by atoms with van der Waals surface area (Å²) < 4.78 is 14.0. The van der Waals surface area contributed by atoms with E-state index in [-0.39, 0.29) is 11.6 Å². The first-order valence-corrected chi connectivity index (χ1v) is 11.9. The summed E-state index contributed by atoms with van der Waals surface area (Å²) in [6, 6.07) is 10.3. The number of nitro benzene ring substituents is 1. The number of hydrogen-bond donors (Lipinski definition) is 1. The van der Waals surface area contributed by atoms with Crippen molar-refractivity contribution < 1.29 is 19.5 Å². The number of rotatable bonds is 14. The van der Waals surface area contributed by atoms with Crippen LogP contribution in [0.1, 0.15) is 57.9 Å². The molecule has 33 heavy (non-hydrogen) atoms. The monoisotopic (exact) mass is 454 g/mol. The Balaban J connectivity index is 1.80. The van der Waals surface area contributed by atoms with Crippen LogP contribution >= 0.6 is 0 Å². The molecule has 2 aromatic carbocycles. The number of nitrogens with zero attached hydrogens (tertiary/aromatic N) is 2. The van der Waals surface area contributed by atoms with Gasteiger partial charge >= 0.3 is 0 Å². The third-order valence-corrected chi connectivity index (χ3v) is 5.75. The number of benzene rings is 2. The van der Waals surface area contributed by atoms with Crippen LogP contribution in [0.3, 0.4) is 0 Å². The minimum Gasteiger partial charge on any atom is -0.494 e. The number of non-ortho nitro benzene ring substituents is 1. The van der Waals surface area contributed by atoms with Gasteiger partial charge in [0.15, 0.2) is 17.4 Å². The Bertz CT molecular complexity index is 1040. The zero-order valence-corrected chi connectivity index (χ0v) is 19.6. The Morgan fingerprint density at radius 3 is 2.21 bits per heavy atom. The topological polar surface area (TPSA) is 86.8 Å². The number of aryl methyl sites for hydroxylation is 2. The van der Waals surface area contributed by atoms with Crippen LogP contribution in [0.5, 0.6) is 17.4 Å². The quantitative estimate of drug-likeness (QED) is 0.168. The predicted octanol–water partition coefficient (Wildman–Crippen LogP) is 6.64. The second kappa shape index (κ2) is 12.1. The van der Waals surface area contributed by atoms with E-state index in [0.29, 0.717) is 37.7 Å². The van der Waals surface area contributed by atoms with Gasteiger partial charge in [-0.1, -0.05) is 51.7 Å². The number of aromatic nitrogens is 1. The van der Waals surface area contributed by atoms with Gasteiger partial charge in [0.2, 0.25) is 0 Å². The normalized spacial score (nSPS) is 11.1. The Morgan fingerprint density at radius 1 is 0.909 bits per heavy atom. The van der Waals surface area contributed by atoms with E-state index in [1.807, 2.05) is 18.3 Å². The number of hydrogen-bond acceptors (Lipinski definition) is 5. The van der Waals surface area contributed by atoms with Gasteiger partial charge in [0.25, 0.3) is 5.69 Å². The molecule has 3 aromatic rings. The zero-order valence-electron chi connectivity index (χ0n) is 19.6. The lowest BCUT2D eigenvalue weighted by Gasteiger charge is -2.14. The highest BCUT2D eigenvalue weighted by molar-refractivity contribution is 5.94. The van der Waals surface area contributed by atoms with E-state index in [2.05, 4.69) is 13.8 Å². The summed E-state index contributed by atoms with van der Waals surface area (Å²) in [7, 11) is 0. The van der Waals surface area contributed by atoms with Crippen molar-refractivity contribution in [2.75, 3.05) is 13.2 Å². The maximum Gasteiger partial charge on any atom is 0.269 e. The largest absolute Gasteiger partial charge is 0.494 e. The first kappa shape index (κ1) is 24.4. The van der Waals surface area contributed by atoms with Crippen molar-refractivity contribution in [1.82, 2.24) is 4.57 Å². The van der Waals surface area contributed by atoms with Gasteiger partial charge < -0.3 is 19.1 Å². The van der Waals surface area contributed by atoms with Crippen molar-refractivity contribution >= 4 is 16.5 Å². The van der Waals surface area contributed by atoms with E-state index < -0.39 is 4.92 Å². The summed E-state index contributed by atoms with van der Waals surface area (Å²) in [5.41, 5.74) is 1.04. The molecule has 1 heterocycles. The minimum absolute atomic E-state index is 0.0737. The summed E-state index contributed by atoms with van der Waals surface area (Å²) in [4.78, 5) is 10.4. The lowest BCUT2D eigenvalue weighted by Crippen LogP contribution is -2.03. The first-order valence-electron chi connectivity index (χ1n) is 11.9. The Morgan fingerprint density at radius 2 is 1.58 bits per heavy atom. The molecule has 0 fully saturated rings. The SMILES string of the molecule is CCCCCOc1ccc2c(O)n(CCc3ccc([N+](=O)[O-])cc3)cc2c1OCCCCC. The van der Waals surface area contributed by atoms with Crippen LogP contribution in [0.4, 0.5) is 5.69 Å². The fourth-order valence-electron chi connectivity index (χ4n) is 3.80.